The van der Waals surface area contributed by atoms with Crippen molar-refractivity contribution in [2.45, 2.75) is 34.1 Å². The van der Waals surface area contributed by atoms with E-state index in [0.717, 1.165) is 17.9 Å². The molecule has 74 valence electrons. The molecule has 0 radical (unpaired) electrons. The van der Waals surface area contributed by atoms with Crippen molar-refractivity contribution in [1.29, 1.82) is 0 Å². The Morgan fingerprint density at radius 3 is 2.15 bits per heavy atom. The lowest BCUT2D eigenvalue weighted by atomic mass is 10.2. The molecule has 0 N–H and O–H groups in total. The predicted molar refractivity (Wildman–Crippen MR) is 54.1 cm³/mol. The Labute approximate surface area is 80.0 Å². The first kappa shape index (κ1) is 12.1. The highest BCUT2D eigenvalue weighted by atomic mass is 19.1. The summed E-state index contributed by atoms with van der Waals surface area (Å²) in [4.78, 5) is 3.48. The van der Waals surface area contributed by atoms with Gasteiger partial charge in [-0.15, -0.1) is 0 Å². The molecule has 0 bridgehead atoms. The summed E-state index contributed by atoms with van der Waals surface area (Å²) in [5.41, 5.74) is 1.07. The number of hydrogen-bond donors (Lipinski definition) is 0. The molecule has 2 heteroatoms. The van der Waals surface area contributed by atoms with E-state index in [1.807, 2.05) is 6.92 Å². The van der Waals surface area contributed by atoms with Gasteiger partial charge in [-0.05, 0) is 24.0 Å². The molecule has 0 aliphatic carbocycles. The lowest BCUT2D eigenvalue weighted by Crippen LogP contribution is -1.84. The van der Waals surface area contributed by atoms with Gasteiger partial charge in [-0.25, -0.2) is 4.98 Å². The third kappa shape index (κ3) is 7.44. The van der Waals surface area contributed by atoms with E-state index in [0.29, 0.717) is 0 Å². The van der Waals surface area contributed by atoms with Crippen molar-refractivity contribution in [3.8, 4) is 0 Å². The lowest BCUT2D eigenvalue weighted by Gasteiger charge is -1.91. The van der Waals surface area contributed by atoms with Gasteiger partial charge in [0, 0.05) is 6.20 Å². The lowest BCUT2D eigenvalue weighted by molar-refractivity contribution is 0.582. The van der Waals surface area contributed by atoms with Crippen LogP contribution in [-0.4, -0.2) is 4.98 Å². The Bertz CT molecular complexity index is 213. The Balaban J connectivity index is 0.000000310. The smallest absolute Gasteiger partial charge is 0.212 e. The van der Waals surface area contributed by atoms with Crippen LogP contribution in [0.2, 0.25) is 0 Å². The molecule has 13 heavy (non-hydrogen) atoms. The summed E-state index contributed by atoms with van der Waals surface area (Å²) in [6.07, 6.45) is 2.46. The minimum absolute atomic E-state index is 0.410. The number of aromatic nitrogens is 1. The van der Waals surface area contributed by atoms with Crippen LogP contribution in [0, 0.1) is 11.9 Å². The van der Waals surface area contributed by atoms with E-state index in [9.17, 15) is 4.39 Å². The minimum Gasteiger partial charge on any atom is -0.228 e. The molecule has 0 saturated carbocycles. The van der Waals surface area contributed by atoms with Crippen LogP contribution in [-0.2, 0) is 6.42 Å². The van der Waals surface area contributed by atoms with E-state index in [2.05, 4.69) is 25.8 Å². The zero-order valence-electron chi connectivity index (χ0n) is 8.84. The molecule has 1 rings (SSSR count). The molecule has 0 aromatic carbocycles. The van der Waals surface area contributed by atoms with Crippen LogP contribution < -0.4 is 0 Å². The predicted octanol–water partition coefficient (Wildman–Crippen LogP) is 3.45. The van der Waals surface area contributed by atoms with Crippen LogP contribution in [0.25, 0.3) is 0 Å². The van der Waals surface area contributed by atoms with Gasteiger partial charge in [-0.2, -0.15) is 4.39 Å². The monoisotopic (exact) mass is 183 g/mol. The maximum absolute atomic E-state index is 12.1. The second kappa shape index (κ2) is 6.58. The van der Waals surface area contributed by atoms with Crippen molar-refractivity contribution in [2.75, 3.05) is 0 Å². The third-order valence-corrected chi connectivity index (χ3v) is 1.20. The Hall–Kier alpha value is -0.920. The molecule has 0 aliphatic heterocycles. The van der Waals surface area contributed by atoms with Gasteiger partial charge in [0.15, 0.2) is 0 Å². The van der Waals surface area contributed by atoms with Crippen molar-refractivity contribution < 1.29 is 4.39 Å². The minimum atomic E-state index is -0.410. The summed E-state index contributed by atoms with van der Waals surface area (Å²) < 4.78 is 12.1. The van der Waals surface area contributed by atoms with Gasteiger partial charge in [0.2, 0.25) is 5.95 Å². The average molecular weight is 183 g/mol. The average Bonchev–Trinajstić information content (AvgIpc) is 2.05. The fourth-order valence-electron chi connectivity index (χ4n) is 0.616. The van der Waals surface area contributed by atoms with Crippen molar-refractivity contribution >= 4 is 0 Å². The number of rotatable bonds is 1. The topological polar surface area (TPSA) is 12.9 Å². The zero-order chi connectivity index (χ0) is 10.3. The van der Waals surface area contributed by atoms with E-state index < -0.39 is 5.95 Å². The van der Waals surface area contributed by atoms with Crippen LogP contribution in [0.5, 0.6) is 0 Å². The fraction of sp³-hybridized carbons (Fsp3) is 0.545. The first-order chi connectivity index (χ1) is 6.06. The molecular weight excluding hydrogens is 165 g/mol. The Kier molecular flexibility index (Phi) is 6.11. The molecule has 1 heterocycles. The molecule has 0 atom stereocenters. The summed E-state index contributed by atoms with van der Waals surface area (Å²) >= 11 is 0. The van der Waals surface area contributed by atoms with Gasteiger partial charge in [0.1, 0.15) is 0 Å². The van der Waals surface area contributed by atoms with Crippen molar-refractivity contribution in [3.63, 3.8) is 0 Å². The zero-order valence-corrected chi connectivity index (χ0v) is 8.84. The largest absolute Gasteiger partial charge is 0.228 e. The van der Waals surface area contributed by atoms with Crippen LogP contribution in [0.4, 0.5) is 4.39 Å². The van der Waals surface area contributed by atoms with Gasteiger partial charge in [0.05, 0.1) is 0 Å². The van der Waals surface area contributed by atoms with Crippen molar-refractivity contribution in [2.24, 2.45) is 5.92 Å². The summed E-state index contributed by atoms with van der Waals surface area (Å²) in [6.45, 7) is 8.51. The highest BCUT2D eigenvalue weighted by molar-refractivity contribution is 5.08. The van der Waals surface area contributed by atoms with Crippen LogP contribution >= 0.6 is 0 Å². The molecule has 0 fully saturated rings. The number of pyridine rings is 1. The molecular formula is C11H18FN. The molecule has 1 aromatic rings. The Morgan fingerprint density at radius 2 is 1.85 bits per heavy atom. The van der Waals surface area contributed by atoms with Gasteiger partial charge in [-0.1, -0.05) is 33.8 Å². The maximum Gasteiger partial charge on any atom is 0.212 e. The summed E-state index contributed by atoms with van der Waals surface area (Å²) in [5, 5.41) is 0. The first-order valence-corrected chi connectivity index (χ1v) is 4.66. The fourth-order valence-corrected chi connectivity index (χ4v) is 0.616. The third-order valence-electron chi connectivity index (χ3n) is 1.20. The molecule has 0 aliphatic rings. The van der Waals surface area contributed by atoms with E-state index in [-0.39, 0.29) is 0 Å². The summed E-state index contributed by atoms with van der Waals surface area (Å²) in [6, 6.07) is 3.11. The standard InChI is InChI=1S/C7H8FN.C4H10/c1-2-6-3-4-7(8)9-5-6;1-4(2)3/h3-5H,2H2,1H3;4H,1-3H3. The van der Waals surface area contributed by atoms with Gasteiger partial charge in [-0.3, -0.25) is 0 Å². The number of halogens is 1. The van der Waals surface area contributed by atoms with E-state index in [4.69, 9.17) is 0 Å². The van der Waals surface area contributed by atoms with E-state index >= 15 is 0 Å². The maximum atomic E-state index is 12.1. The van der Waals surface area contributed by atoms with Gasteiger partial charge >= 0.3 is 0 Å². The van der Waals surface area contributed by atoms with Crippen molar-refractivity contribution in [3.05, 3.63) is 29.8 Å². The van der Waals surface area contributed by atoms with Gasteiger partial charge in [0.25, 0.3) is 0 Å². The molecule has 1 aromatic heterocycles. The van der Waals surface area contributed by atoms with E-state index in [1.54, 1.807) is 12.3 Å². The van der Waals surface area contributed by atoms with Crippen molar-refractivity contribution in [1.82, 2.24) is 4.98 Å². The normalized spacial score (nSPS) is 9.38. The summed E-state index contributed by atoms with van der Waals surface area (Å²) in [5.74, 6) is 0.423. The molecule has 1 nitrogen and oxygen atoms in total. The van der Waals surface area contributed by atoms with Crippen LogP contribution in [0.1, 0.15) is 33.3 Å². The Morgan fingerprint density at radius 1 is 1.31 bits per heavy atom. The van der Waals surface area contributed by atoms with E-state index in [1.165, 1.54) is 6.07 Å². The quantitative estimate of drug-likeness (QED) is 0.608. The molecule has 0 saturated heterocycles. The van der Waals surface area contributed by atoms with Crippen LogP contribution in [0.15, 0.2) is 18.3 Å². The number of nitrogens with zero attached hydrogens (tertiary/aromatic N) is 1. The first-order valence-electron chi connectivity index (χ1n) is 4.66. The number of hydrogen-bond acceptors (Lipinski definition) is 1. The highest BCUT2D eigenvalue weighted by Crippen LogP contribution is 1.98. The van der Waals surface area contributed by atoms with Crippen LogP contribution in [0.3, 0.4) is 0 Å². The SMILES string of the molecule is CC(C)C.CCc1ccc(F)nc1. The molecule has 0 amide bonds. The summed E-state index contributed by atoms with van der Waals surface area (Å²) in [7, 11) is 0. The highest BCUT2D eigenvalue weighted by Gasteiger charge is 1.89. The molecule has 0 unspecified atom stereocenters. The van der Waals surface area contributed by atoms with Gasteiger partial charge < -0.3 is 0 Å². The number of aryl methyl sites for hydroxylation is 1. The second-order valence-electron chi connectivity index (χ2n) is 3.57. The second-order valence-corrected chi connectivity index (χ2v) is 3.57. The molecule has 0 spiro atoms.